The Kier molecular flexibility index (Phi) is 15.2. The van der Waals surface area contributed by atoms with E-state index in [9.17, 15) is 14.4 Å². The lowest BCUT2D eigenvalue weighted by Crippen LogP contribution is -2.49. The fraction of sp³-hybridized carbons (Fsp3) is 0.386. The van der Waals surface area contributed by atoms with Crippen LogP contribution in [0.3, 0.4) is 0 Å². The third-order valence-electron chi connectivity index (χ3n) is 9.82. The van der Waals surface area contributed by atoms with Gasteiger partial charge in [-0.1, -0.05) is 54.1 Å². The van der Waals surface area contributed by atoms with Gasteiger partial charge in [-0.05, 0) is 86.2 Å². The number of anilines is 2. The van der Waals surface area contributed by atoms with Crippen molar-refractivity contribution in [3.8, 4) is 22.6 Å². The van der Waals surface area contributed by atoms with Gasteiger partial charge in [-0.3, -0.25) is 19.3 Å². The lowest BCUT2D eigenvalue weighted by atomic mass is 9.98. The van der Waals surface area contributed by atoms with Crippen LogP contribution in [-0.2, 0) is 9.53 Å². The van der Waals surface area contributed by atoms with Gasteiger partial charge in [-0.2, -0.15) is 0 Å². The Morgan fingerprint density at radius 3 is 2.29 bits per heavy atom. The Balaban J connectivity index is 1.13. The molecule has 0 spiro atoms. The molecule has 2 N–H and O–H groups in total. The number of hydrogen-bond acceptors (Lipinski definition) is 8. The van der Waals surface area contributed by atoms with Crippen molar-refractivity contribution in [1.29, 1.82) is 0 Å². The fourth-order valence-electron chi connectivity index (χ4n) is 6.58. The minimum atomic E-state index is -0.286. The van der Waals surface area contributed by atoms with Gasteiger partial charge >= 0.3 is 0 Å². The second-order valence-corrected chi connectivity index (χ2v) is 13.8. The first-order valence-electron chi connectivity index (χ1n) is 19.0. The second-order valence-electron chi connectivity index (χ2n) is 13.8. The van der Waals surface area contributed by atoms with Gasteiger partial charge in [-0.15, -0.1) is 0 Å². The molecule has 1 aliphatic heterocycles. The number of aliphatic hydroxyl groups excluding tert-OH is 1. The van der Waals surface area contributed by atoms with Gasteiger partial charge in [-0.25, -0.2) is 0 Å². The smallest absolute Gasteiger partial charge is 0.258 e. The first kappa shape index (κ1) is 40.9. The highest BCUT2D eigenvalue weighted by Gasteiger charge is 2.22. The summed E-state index contributed by atoms with van der Waals surface area (Å²) in [5.74, 6) is 0.611. The molecule has 55 heavy (non-hydrogen) atoms. The SMILES string of the molecule is COc1cc(C(=O)N(C)c2ccc(C)cc2OCCCCCC(=O)N2CCN(CCOCCO)CC2)ccc1NC(=O)c1ccccc1-c1ccc(C)cc1. The number of methoxy groups -OCH3 is 1. The molecule has 0 radical (unpaired) electrons. The number of piperazine rings is 1. The highest BCUT2D eigenvalue weighted by atomic mass is 16.5. The zero-order chi connectivity index (χ0) is 39.2. The van der Waals surface area contributed by atoms with E-state index in [2.05, 4.69) is 10.2 Å². The monoisotopic (exact) mass is 750 g/mol. The molecule has 5 rings (SSSR count). The number of amides is 3. The maximum absolute atomic E-state index is 13.8. The van der Waals surface area contributed by atoms with E-state index >= 15 is 0 Å². The highest BCUT2D eigenvalue weighted by molar-refractivity contribution is 6.10. The van der Waals surface area contributed by atoms with Gasteiger partial charge < -0.3 is 34.4 Å². The maximum Gasteiger partial charge on any atom is 0.258 e. The first-order chi connectivity index (χ1) is 26.7. The average Bonchev–Trinajstić information content (AvgIpc) is 3.21. The average molecular weight is 751 g/mol. The van der Waals surface area contributed by atoms with Gasteiger partial charge in [0.15, 0.2) is 0 Å². The molecule has 1 fully saturated rings. The van der Waals surface area contributed by atoms with Crippen LogP contribution in [0.5, 0.6) is 11.5 Å². The minimum absolute atomic E-state index is 0.0318. The van der Waals surface area contributed by atoms with Crippen LogP contribution in [0.1, 0.15) is 57.5 Å². The number of aliphatic hydroxyl groups is 1. The van der Waals surface area contributed by atoms with Gasteiger partial charge in [0.2, 0.25) is 5.91 Å². The summed E-state index contributed by atoms with van der Waals surface area (Å²) in [5, 5.41) is 11.8. The molecule has 0 atom stereocenters. The topological polar surface area (TPSA) is 121 Å². The van der Waals surface area contributed by atoms with Gasteiger partial charge in [0.1, 0.15) is 11.5 Å². The molecule has 11 nitrogen and oxygen atoms in total. The molecular weight excluding hydrogens is 697 g/mol. The van der Waals surface area contributed by atoms with Crippen molar-refractivity contribution in [2.24, 2.45) is 0 Å². The Labute approximate surface area is 324 Å². The molecule has 0 aliphatic carbocycles. The molecule has 4 aromatic carbocycles. The summed E-state index contributed by atoms with van der Waals surface area (Å²) in [4.78, 5) is 45.9. The Hall–Kier alpha value is -5.23. The van der Waals surface area contributed by atoms with Crippen LogP contribution in [0.15, 0.2) is 84.9 Å². The number of nitrogens with one attached hydrogen (secondary N) is 1. The number of hydrogen-bond donors (Lipinski definition) is 2. The maximum atomic E-state index is 13.8. The number of benzene rings is 4. The number of nitrogens with zero attached hydrogens (tertiary/aromatic N) is 3. The Bertz CT molecular complexity index is 1890. The number of rotatable bonds is 18. The third-order valence-corrected chi connectivity index (χ3v) is 9.82. The van der Waals surface area contributed by atoms with Crippen LogP contribution < -0.4 is 19.7 Å². The number of ether oxygens (including phenoxy) is 3. The van der Waals surface area contributed by atoms with Crippen LogP contribution in [-0.4, -0.2) is 106 Å². The van der Waals surface area contributed by atoms with Crippen molar-refractivity contribution in [1.82, 2.24) is 9.80 Å². The van der Waals surface area contributed by atoms with Gasteiger partial charge in [0.25, 0.3) is 11.8 Å². The molecule has 1 heterocycles. The van der Waals surface area contributed by atoms with E-state index in [4.69, 9.17) is 19.3 Å². The molecule has 4 aromatic rings. The lowest BCUT2D eigenvalue weighted by molar-refractivity contribution is -0.133. The predicted molar refractivity (Wildman–Crippen MR) is 216 cm³/mol. The molecule has 0 aromatic heterocycles. The van der Waals surface area contributed by atoms with Crippen molar-refractivity contribution >= 4 is 29.1 Å². The van der Waals surface area contributed by atoms with Crippen LogP contribution >= 0.6 is 0 Å². The van der Waals surface area contributed by atoms with Crippen LogP contribution in [0, 0.1) is 13.8 Å². The number of carbonyl (C=O) groups excluding carboxylic acids is 3. The Morgan fingerprint density at radius 1 is 0.800 bits per heavy atom. The fourth-order valence-corrected chi connectivity index (χ4v) is 6.58. The van der Waals surface area contributed by atoms with Crippen molar-refractivity contribution in [3.05, 3.63) is 107 Å². The molecule has 3 amide bonds. The molecular formula is C44H54N4O7. The standard InChI is InChI=1S/C44H54N4O7/c1-32-13-16-34(17-14-32)36-10-7-8-11-37(36)43(51)45-38-19-18-35(31-40(38)53-4)44(52)46(3)39-20-15-33(2)30-41(39)55-27-9-5-6-12-42(50)48-23-21-47(22-24-48)25-28-54-29-26-49/h7-8,10-11,13-20,30-31,49H,5-6,9,12,21-29H2,1-4H3,(H,45,51). The number of carbonyl (C=O) groups is 3. The molecule has 1 aliphatic rings. The first-order valence-corrected chi connectivity index (χ1v) is 19.0. The molecule has 0 bridgehead atoms. The van der Waals surface area contributed by atoms with Gasteiger partial charge in [0.05, 0.1) is 44.9 Å². The normalized spacial score (nSPS) is 13.0. The Morgan fingerprint density at radius 2 is 1.55 bits per heavy atom. The number of aryl methyl sites for hydroxylation is 2. The summed E-state index contributed by atoms with van der Waals surface area (Å²) in [7, 11) is 3.22. The van der Waals surface area contributed by atoms with E-state index in [0.717, 1.165) is 74.2 Å². The molecule has 0 unspecified atom stereocenters. The molecule has 0 saturated carbocycles. The van der Waals surface area contributed by atoms with Crippen LogP contribution in [0.2, 0.25) is 0 Å². The predicted octanol–water partition coefficient (Wildman–Crippen LogP) is 6.60. The summed E-state index contributed by atoms with van der Waals surface area (Å²) >= 11 is 0. The van der Waals surface area contributed by atoms with E-state index < -0.39 is 0 Å². The molecule has 11 heteroatoms. The van der Waals surface area contributed by atoms with Gasteiger partial charge in [0, 0.05) is 57.3 Å². The van der Waals surface area contributed by atoms with E-state index in [1.807, 2.05) is 79.4 Å². The summed E-state index contributed by atoms with van der Waals surface area (Å²) < 4.78 is 17.2. The molecule has 1 saturated heterocycles. The van der Waals surface area contributed by atoms with E-state index in [-0.39, 0.29) is 24.3 Å². The summed E-state index contributed by atoms with van der Waals surface area (Å²) in [6.45, 7) is 9.36. The van der Waals surface area contributed by atoms with Crippen LogP contribution in [0.4, 0.5) is 11.4 Å². The van der Waals surface area contributed by atoms with E-state index in [1.165, 1.54) is 7.11 Å². The zero-order valence-electron chi connectivity index (χ0n) is 32.5. The second kappa shape index (κ2) is 20.5. The van der Waals surface area contributed by atoms with Crippen molar-refractivity contribution < 1.29 is 33.7 Å². The number of unbranched alkanes of at least 4 members (excludes halogenated alkanes) is 2. The van der Waals surface area contributed by atoms with Crippen molar-refractivity contribution in [2.45, 2.75) is 39.5 Å². The summed E-state index contributed by atoms with van der Waals surface area (Å²) in [5.41, 5.74) is 5.91. The summed E-state index contributed by atoms with van der Waals surface area (Å²) in [6.07, 6.45) is 2.93. The van der Waals surface area contributed by atoms with E-state index in [0.29, 0.717) is 60.2 Å². The largest absolute Gasteiger partial charge is 0.495 e. The third kappa shape index (κ3) is 11.4. The summed E-state index contributed by atoms with van der Waals surface area (Å²) in [6, 6.07) is 26.2. The van der Waals surface area contributed by atoms with Crippen molar-refractivity contribution in [2.75, 3.05) is 83.5 Å². The molecule has 292 valence electrons. The van der Waals surface area contributed by atoms with E-state index in [1.54, 1.807) is 36.2 Å². The quantitative estimate of drug-likeness (QED) is 0.109. The van der Waals surface area contributed by atoms with Crippen LogP contribution in [0.25, 0.3) is 11.1 Å². The lowest BCUT2D eigenvalue weighted by Gasteiger charge is -2.34. The van der Waals surface area contributed by atoms with Crippen molar-refractivity contribution in [3.63, 3.8) is 0 Å². The minimum Gasteiger partial charge on any atom is -0.495 e. The highest BCUT2D eigenvalue weighted by Crippen LogP contribution is 2.33. The zero-order valence-corrected chi connectivity index (χ0v) is 32.5.